The van der Waals surface area contributed by atoms with Crippen LogP contribution in [0.5, 0.6) is 0 Å². The van der Waals surface area contributed by atoms with Crippen LogP contribution < -0.4 is 10.5 Å². The van der Waals surface area contributed by atoms with E-state index in [0.29, 0.717) is 50.2 Å². The number of fused-ring (bicyclic) bond motifs is 1. The van der Waals surface area contributed by atoms with Crippen molar-refractivity contribution in [2.75, 3.05) is 44.3 Å². The Balaban J connectivity index is 1.33. The second-order valence-electron chi connectivity index (χ2n) is 8.15. The number of carbonyl (C=O) groups is 1. The summed E-state index contributed by atoms with van der Waals surface area (Å²) >= 11 is 0. The molecule has 0 N–H and O–H groups in total. The van der Waals surface area contributed by atoms with Crippen molar-refractivity contribution in [3.05, 3.63) is 57.6 Å². The van der Waals surface area contributed by atoms with Crippen LogP contribution in [0.4, 0.5) is 6.01 Å². The molecule has 31 heavy (non-hydrogen) atoms. The van der Waals surface area contributed by atoms with Crippen LogP contribution in [0, 0.1) is 6.92 Å². The summed E-state index contributed by atoms with van der Waals surface area (Å²) in [6, 6.07) is 10.0. The first-order valence-electron chi connectivity index (χ1n) is 10.7. The molecule has 2 fully saturated rings. The first-order chi connectivity index (χ1) is 15.1. The number of oxazole rings is 1. The largest absolute Gasteiger partial charge is 0.427 e. The molecule has 2 aromatic heterocycles. The Morgan fingerprint density at radius 3 is 2.77 bits per heavy atom. The minimum absolute atomic E-state index is 0.0820. The Kier molecular flexibility index (Phi) is 5.23. The van der Waals surface area contributed by atoms with Crippen LogP contribution in [0.25, 0.3) is 11.1 Å². The van der Waals surface area contributed by atoms with Gasteiger partial charge in [-0.1, -0.05) is 12.1 Å². The number of ether oxygens (including phenoxy) is 1. The van der Waals surface area contributed by atoms with Gasteiger partial charge in [-0.3, -0.25) is 4.79 Å². The van der Waals surface area contributed by atoms with E-state index in [-0.39, 0.29) is 17.4 Å². The summed E-state index contributed by atoms with van der Waals surface area (Å²) in [5, 5.41) is 0. The van der Waals surface area contributed by atoms with Gasteiger partial charge >= 0.3 is 5.63 Å². The van der Waals surface area contributed by atoms with Gasteiger partial charge in [-0.15, -0.1) is 0 Å². The summed E-state index contributed by atoms with van der Waals surface area (Å²) in [5.74, 6) is 0.410. The Labute approximate surface area is 179 Å². The minimum atomic E-state index is -0.563. The maximum Gasteiger partial charge on any atom is 0.349 e. The summed E-state index contributed by atoms with van der Waals surface area (Å²) in [5.41, 5.74) is 1.78. The molecule has 0 radical (unpaired) electrons. The van der Waals surface area contributed by atoms with Crippen LogP contribution in [0.2, 0.25) is 0 Å². The molecule has 0 bridgehead atoms. The molecule has 2 aliphatic heterocycles. The van der Waals surface area contributed by atoms with Gasteiger partial charge in [0.15, 0.2) is 5.58 Å². The SMILES string of the molecule is Cc1cc(C2CCOC2)oc(=O)c1C(=O)N1CCCN(c2nc3ccccc3o2)CC1. The second kappa shape index (κ2) is 8.19. The number of hydrogen-bond acceptors (Lipinski definition) is 7. The molecule has 8 heteroatoms. The summed E-state index contributed by atoms with van der Waals surface area (Å²) in [6.45, 7) is 5.37. The average molecular weight is 423 g/mol. The molecule has 4 heterocycles. The molecule has 1 unspecified atom stereocenters. The van der Waals surface area contributed by atoms with Gasteiger partial charge in [0.2, 0.25) is 0 Å². The number of carbonyl (C=O) groups excluding carboxylic acids is 1. The molecular weight excluding hydrogens is 398 g/mol. The van der Waals surface area contributed by atoms with E-state index in [1.165, 1.54) is 0 Å². The number of amides is 1. The minimum Gasteiger partial charge on any atom is -0.427 e. The molecule has 0 saturated carbocycles. The Morgan fingerprint density at radius 1 is 1.13 bits per heavy atom. The fourth-order valence-electron chi connectivity index (χ4n) is 4.32. The lowest BCUT2D eigenvalue weighted by Gasteiger charge is -2.21. The van der Waals surface area contributed by atoms with Gasteiger partial charge in [-0.25, -0.2) is 4.79 Å². The molecule has 0 aliphatic carbocycles. The van der Waals surface area contributed by atoms with Gasteiger partial charge < -0.3 is 23.4 Å². The molecule has 1 aromatic carbocycles. The van der Waals surface area contributed by atoms with Crippen LogP contribution in [-0.2, 0) is 4.74 Å². The van der Waals surface area contributed by atoms with Gasteiger partial charge in [0.1, 0.15) is 16.8 Å². The number of rotatable bonds is 3. The van der Waals surface area contributed by atoms with Crippen molar-refractivity contribution in [3.8, 4) is 0 Å². The van der Waals surface area contributed by atoms with Crippen LogP contribution in [0.15, 0.2) is 44.0 Å². The molecule has 162 valence electrons. The normalized spacial score (nSPS) is 19.7. The number of anilines is 1. The van der Waals surface area contributed by atoms with E-state index in [4.69, 9.17) is 13.6 Å². The van der Waals surface area contributed by atoms with Gasteiger partial charge in [0.25, 0.3) is 11.9 Å². The summed E-state index contributed by atoms with van der Waals surface area (Å²) in [6.07, 6.45) is 1.58. The molecule has 1 amide bonds. The Bertz CT molecular complexity index is 1130. The highest BCUT2D eigenvalue weighted by molar-refractivity contribution is 5.95. The topological polar surface area (TPSA) is 89.0 Å². The third kappa shape index (κ3) is 3.83. The predicted octanol–water partition coefficient (Wildman–Crippen LogP) is 2.95. The molecule has 2 saturated heterocycles. The van der Waals surface area contributed by atoms with E-state index in [1.807, 2.05) is 35.2 Å². The summed E-state index contributed by atoms with van der Waals surface area (Å²) < 4.78 is 16.8. The molecular formula is C23H25N3O5. The maximum atomic E-state index is 13.2. The van der Waals surface area contributed by atoms with E-state index in [0.717, 1.165) is 30.5 Å². The van der Waals surface area contributed by atoms with Crippen LogP contribution >= 0.6 is 0 Å². The first-order valence-corrected chi connectivity index (χ1v) is 10.7. The van der Waals surface area contributed by atoms with Gasteiger partial charge in [-0.05, 0) is 43.5 Å². The number of benzene rings is 1. The zero-order valence-electron chi connectivity index (χ0n) is 17.5. The first kappa shape index (κ1) is 19.8. The number of nitrogens with zero attached hydrogens (tertiary/aromatic N) is 3. The van der Waals surface area contributed by atoms with Crippen molar-refractivity contribution >= 4 is 23.0 Å². The lowest BCUT2D eigenvalue weighted by molar-refractivity contribution is 0.0761. The van der Waals surface area contributed by atoms with Crippen molar-refractivity contribution in [2.24, 2.45) is 0 Å². The van der Waals surface area contributed by atoms with E-state index in [2.05, 4.69) is 4.98 Å². The molecule has 3 aromatic rings. The smallest absolute Gasteiger partial charge is 0.349 e. The zero-order chi connectivity index (χ0) is 21.4. The van der Waals surface area contributed by atoms with Crippen molar-refractivity contribution in [1.82, 2.24) is 9.88 Å². The maximum absolute atomic E-state index is 13.2. The Morgan fingerprint density at radius 2 is 2.00 bits per heavy atom. The molecule has 0 spiro atoms. The van der Waals surface area contributed by atoms with Gasteiger partial charge in [0.05, 0.1) is 6.61 Å². The van der Waals surface area contributed by atoms with Crippen molar-refractivity contribution in [3.63, 3.8) is 0 Å². The predicted molar refractivity (Wildman–Crippen MR) is 115 cm³/mol. The number of hydrogen-bond donors (Lipinski definition) is 0. The lowest BCUT2D eigenvalue weighted by atomic mass is 10.0. The van der Waals surface area contributed by atoms with Crippen LogP contribution in [0.3, 0.4) is 0 Å². The second-order valence-corrected chi connectivity index (χ2v) is 8.15. The lowest BCUT2D eigenvalue weighted by Crippen LogP contribution is -2.38. The number of aromatic nitrogens is 1. The summed E-state index contributed by atoms with van der Waals surface area (Å²) in [7, 11) is 0. The van der Waals surface area contributed by atoms with Crippen LogP contribution in [0.1, 0.15) is 40.4 Å². The highest BCUT2D eigenvalue weighted by atomic mass is 16.5. The summed E-state index contributed by atoms with van der Waals surface area (Å²) in [4.78, 5) is 34.2. The monoisotopic (exact) mass is 423 g/mol. The van der Waals surface area contributed by atoms with Gasteiger partial charge in [0, 0.05) is 38.7 Å². The number of para-hydroxylation sites is 2. The van der Waals surface area contributed by atoms with E-state index in [9.17, 15) is 9.59 Å². The Hall–Kier alpha value is -3.13. The third-order valence-corrected chi connectivity index (χ3v) is 6.05. The molecule has 8 nitrogen and oxygen atoms in total. The van der Waals surface area contributed by atoms with E-state index < -0.39 is 5.63 Å². The molecule has 2 aliphatic rings. The average Bonchev–Trinajstić information content (AvgIpc) is 3.38. The third-order valence-electron chi connectivity index (χ3n) is 6.05. The number of aryl methyl sites for hydroxylation is 1. The van der Waals surface area contributed by atoms with E-state index >= 15 is 0 Å². The standard InChI is InChI=1S/C23H25N3O5/c1-15-13-19(16-7-12-29-14-16)30-22(28)20(15)21(27)25-8-4-9-26(11-10-25)23-24-17-5-2-3-6-18(17)31-23/h2-3,5-6,13,16H,4,7-12,14H2,1H3. The van der Waals surface area contributed by atoms with E-state index in [1.54, 1.807) is 11.8 Å². The highest BCUT2D eigenvalue weighted by Crippen LogP contribution is 2.26. The molecule has 1 atom stereocenters. The fourth-order valence-corrected chi connectivity index (χ4v) is 4.32. The highest BCUT2D eigenvalue weighted by Gasteiger charge is 2.28. The van der Waals surface area contributed by atoms with Crippen molar-refractivity contribution in [2.45, 2.75) is 25.7 Å². The fraction of sp³-hybridized carbons (Fsp3) is 0.435. The zero-order valence-corrected chi connectivity index (χ0v) is 17.5. The molecule has 5 rings (SSSR count). The van der Waals surface area contributed by atoms with Crippen LogP contribution in [-0.4, -0.2) is 55.2 Å². The quantitative estimate of drug-likeness (QED) is 0.640. The van der Waals surface area contributed by atoms with Crippen molar-refractivity contribution in [1.29, 1.82) is 0 Å². The van der Waals surface area contributed by atoms with Crippen molar-refractivity contribution < 1.29 is 18.4 Å². The van der Waals surface area contributed by atoms with Gasteiger partial charge in [-0.2, -0.15) is 4.98 Å².